The molecule has 7 aromatic carbocycles. The Labute approximate surface area is 287 Å². The van der Waals surface area contributed by atoms with Gasteiger partial charge in [-0.05, 0) is 101 Å². The van der Waals surface area contributed by atoms with Crippen molar-refractivity contribution in [2.45, 2.75) is 13.8 Å². The predicted molar refractivity (Wildman–Crippen MR) is 208 cm³/mol. The molecule has 0 atom stereocenters. The monoisotopic (exact) mass is 652 g/mol. The number of anilines is 3. The molecule has 0 spiro atoms. The van der Waals surface area contributed by atoms with Crippen LogP contribution in [-0.4, -0.2) is 6.66 Å². The fourth-order valence-electron chi connectivity index (χ4n) is 7.68. The predicted octanol–water partition coefficient (Wildman–Crippen LogP) is 11.4. The second-order valence-corrected chi connectivity index (χ2v) is 16.5. The minimum atomic E-state index is -2.02. The third kappa shape index (κ3) is 4.61. The number of rotatable bonds is 5. The molecule has 2 heterocycles. The van der Waals surface area contributed by atoms with Crippen LogP contribution in [0.1, 0.15) is 11.1 Å². The first-order valence-corrected chi connectivity index (χ1v) is 19.0. The van der Waals surface area contributed by atoms with E-state index in [9.17, 15) is 0 Å². The molecule has 0 N–H and O–H groups in total. The van der Waals surface area contributed by atoms with Crippen LogP contribution in [0.25, 0.3) is 32.9 Å². The van der Waals surface area contributed by atoms with Crippen molar-refractivity contribution in [1.82, 2.24) is 0 Å². The Morgan fingerprint density at radius 2 is 1.22 bits per heavy atom. The maximum absolute atomic E-state index is 6.92. The number of para-hydroxylation sites is 2. The van der Waals surface area contributed by atoms with Crippen LogP contribution >= 0.6 is 7.26 Å². The van der Waals surface area contributed by atoms with Gasteiger partial charge in [0.15, 0.2) is 11.5 Å². The lowest BCUT2D eigenvalue weighted by atomic mass is 9.91. The van der Waals surface area contributed by atoms with E-state index in [0.717, 1.165) is 50.7 Å². The molecule has 0 radical (unpaired) electrons. The van der Waals surface area contributed by atoms with Gasteiger partial charge in [0.1, 0.15) is 28.8 Å². The smallest absolute Gasteiger partial charge is 0.206 e. The highest BCUT2D eigenvalue weighted by Crippen LogP contribution is 2.57. The molecule has 8 aromatic rings. The van der Waals surface area contributed by atoms with Gasteiger partial charge in [-0.2, -0.15) is 0 Å². The Kier molecular flexibility index (Phi) is 6.93. The Hall–Kier alpha value is -5.63. The van der Waals surface area contributed by atoms with E-state index in [2.05, 4.69) is 171 Å². The van der Waals surface area contributed by atoms with Crippen molar-refractivity contribution in [2.24, 2.45) is 0 Å². The van der Waals surface area contributed by atoms with Gasteiger partial charge in [0.2, 0.25) is 5.88 Å². The molecule has 1 aliphatic heterocycles. The van der Waals surface area contributed by atoms with Gasteiger partial charge >= 0.3 is 0 Å². The lowest BCUT2D eigenvalue weighted by Crippen LogP contribution is -2.30. The maximum atomic E-state index is 6.92. The molecule has 0 saturated heterocycles. The van der Waals surface area contributed by atoms with E-state index in [1.807, 2.05) is 12.1 Å². The van der Waals surface area contributed by atoms with Crippen molar-refractivity contribution in [3.8, 4) is 22.6 Å². The van der Waals surface area contributed by atoms with E-state index >= 15 is 0 Å². The molecule has 1 aromatic heterocycles. The van der Waals surface area contributed by atoms with E-state index in [1.54, 1.807) is 0 Å². The highest BCUT2D eigenvalue weighted by atomic mass is 31.2. The second-order valence-electron chi connectivity index (χ2n) is 12.9. The summed E-state index contributed by atoms with van der Waals surface area (Å²) in [7, 11) is -2.02. The van der Waals surface area contributed by atoms with Crippen LogP contribution in [0.2, 0.25) is 0 Å². The highest BCUT2D eigenvalue weighted by Gasteiger charge is 2.42. The topological polar surface area (TPSA) is 25.6 Å². The summed E-state index contributed by atoms with van der Waals surface area (Å²) in [6, 6.07) is 56.3. The Bertz CT molecular complexity index is 2480. The quantitative estimate of drug-likeness (QED) is 0.173. The summed E-state index contributed by atoms with van der Waals surface area (Å²) in [6.45, 7) is 6.83. The number of nitrogens with zero attached hydrogens (tertiary/aromatic N) is 1. The third-order valence-corrected chi connectivity index (χ3v) is 14.1. The van der Waals surface area contributed by atoms with E-state index in [-0.39, 0.29) is 0 Å². The molecule has 0 aliphatic carbocycles. The molecule has 3 nitrogen and oxygen atoms in total. The van der Waals surface area contributed by atoms with Gasteiger partial charge in [-0.15, -0.1) is 0 Å². The fourth-order valence-corrected chi connectivity index (χ4v) is 11.1. The number of benzene rings is 7. The molecule has 0 saturated carbocycles. The van der Waals surface area contributed by atoms with E-state index in [1.165, 1.54) is 38.0 Å². The molecule has 0 fully saturated rings. The first-order chi connectivity index (χ1) is 24.0. The third-order valence-electron chi connectivity index (χ3n) is 10.1. The van der Waals surface area contributed by atoms with Gasteiger partial charge in [-0.3, -0.25) is 4.90 Å². The van der Waals surface area contributed by atoms with Crippen LogP contribution in [0, 0.1) is 13.8 Å². The summed E-state index contributed by atoms with van der Waals surface area (Å²) in [4.78, 5) is 2.27. The van der Waals surface area contributed by atoms with Gasteiger partial charge in [0.25, 0.3) is 0 Å². The van der Waals surface area contributed by atoms with E-state index in [4.69, 9.17) is 9.15 Å². The second kappa shape index (κ2) is 11.5. The zero-order valence-electron chi connectivity index (χ0n) is 27.7. The van der Waals surface area contributed by atoms with Gasteiger partial charge in [0, 0.05) is 6.07 Å². The SMILES string of the molecule is Cc1ccccc1-c1cccc2cc3c(c(C)c12)N(c1cc2c([P+](C)(c4ccccc4)c4ccccc4)cccc2o1)c1ccccc1O3. The summed E-state index contributed by atoms with van der Waals surface area (Å²) in [5, 5.41) is 7.47. The average molecular weight is 653 g/mol. The van der Waals surface area contributed by atoms with Gasteiger partial charge in [0.05, 0.1) is 23.4 Å². The Morgan fingerprint density at radius 1 is 0.571 bits per heavy atom. The van der Waals surface area contributed by atoms with Crippen molar-refractivity contribution in [1.29, 1.82) is 0 Å². The number of aryl methyl sites for hydroxylation is 2. The summed E-state index contributed by atoms with van der Waals surface area (Å²) in [6.07, 6.45) is 0. The highest BCUT2D eigenvalue weighted by molar-refractivity contribution is 7.95. The Morgan fingerprint density at radius 3 is 1.98 bits per heavy atom. The molecule has 49 heavy (non-hydrogen) atoms. The number of hydrogen-bond donors (Lipinski definition) is 0. The maximum Gasteiger partial charge on any atom is 0.206 e. The molecule has 0 bridgehead atoms. The van der Waals surface area contributed by atoms with E-state index < -0.39 is 7.26 Å². The standard InChI is InChI=1S/C45H35NO2P/c1-30-16-10-11-22-35(30)36-23-14-17-32-28-41-45(31(2)44(32)36)46(38-24-12-13-25-40(38)47-41)43-29-37-39(48-43)26-15-27-42(37)49(3,33-18-6-4-7-19-33)34-20-8-5-9-21-34/h4-29H,1-3H3/q+1. The molecular weight excluding hydrogens is 617 g/mol. The van der Waals surface area contributed by atoms with Crippen LogP contribution in [0.4, 0.5) is 17.3 Å². The minimum absolute atomic E-state index is 0.767. The number of fused-ring (bicyclic) bond motifs is 4. The zero-order chi connectivity index (χ0) is 33.1. The molecule has 1 aliphatic rings. The van der Waals surface area contributed by atoms with E-state index in [0.29, 0.717) is 0 Å². The van der Waals surface area contributed by atoms with Crippen molar-refractivity contribution in [2.75, 3.05) is 11.6 Å². The summed E-state index contributed by atoms with van der Waals surface area (Å²) in [5.74, 6) is 2.38. The molecule has 4 heteroatoms. The van der Waals surface area contributed by atoms with Crippen molar-refractivity contribution in [3.63, 3.8) is 0 Å². The number of furan rings is 1. The van der Waals surface area contributed by atoms with Crippen LogP contribution < -0.4 is 25.6 Å². The summed E-state index contributed by atoms with van der Waals surface area (Å²) < 4.78 is 13.6. The average Bonchev–Trinajstić information content (AvgIpc) is 3.59. The normalized spacial score (nSPS) is 12.5. The van der Waals surface area contributed by atoms with Crippen LogP contribution in [0.3, 0.4) is 0 Å². The fraction of sp³-hybridized carbons (Fsp3) is 0.0667. The summed E-state index contributed by atoms with van der Waals surface area (Å²) >= 11 is 0. The number of hydrogen-bond acceptors (Lipinski definition) is 3. The number of ether oxygens (including phenoxy) is 1. The van der Waals surface area contributed by atoms with Crippen molar-refractivity contribution < 1.29 is 9.15 Å². The van der Waals surface area contributed by atoms with Crippen LogP contribution in [-0.2, 0) is 0 Å². The van der Waals surface area contributed by atoms with Crippen molar-refractivity contribution in [3.05, 3.63) is 169 Å². The molecular formula is C45H35NO2P+. The zero-order valence-corrected chi connectivity index (χ0v) is 28.6. The first-order valence-electron chi connectivity index (χ1n) is 16.7. The molecule has 0 unspecified atom stereocenters. The molecule has 0 amide bonds. The van der Waals surface area contributed by atoms with Gasteiger partial charge in [-0.1, -0.05) is 97.1 Å². The lowest BCUT2D eigenvalue weighted by Gasteiger charge is -2.33. The van der Waals surface area contributed by atoms with Crippen LogP contribution in [0.15, 0.2) is 162 Å². The summed E-state index contributed by atoms with van der Waals surface area (Å²) in [5.41, 5.74) is 7.67. The van der Waals surface area contributed by atoms with Gasteiger partial charge < -0.3 is 9.15 Å². The molecule has 9 rings (SSSR count). The lowest BCUT2D eigenvalue weighted by molar-refractivity contribution is 0.474. The minimum Gasteiger partial charge on any atom is -0.453 e. The largest absolute Gasteiger partial charge is 0.453 e. The van der Waals surface area contributed by atoms with Crippen molar-refractivity contribution >= 4 is 62.2 Å². The Balaban J connectivity index is 1.30. The molecule has 236 valence electrons. The van der Waals surface area contributed by atoms with Gasteiger partial charge in [-0.25, -0.2) is 0 Å². The van der Waals surface area contributed by atoms with Crippen LogP contribution in [0.5, 0.6) is 11.5 Å². The first kappa shape index (κ1) is 29.5.